The van der Waals surface area contributed by atoms with E-state index in [0.29, 0.717) is 24.7 Å². The number of nitrogens with zero attached hydrogens (tertiary/aromatic N) is 1. The van der Waals surface area contributed by atoms with Gasteiger partial charge in [0, 0.05) is 26.2 Å². The van der Waals surface area contributed by atoms with E-state index in [4.69, 9.17) is 14.9 Å². The highest BCUT2D eigenvalue weighted by molar-refractivity contribution is 5.91. The van der Waals surface area contributed by atoms with Crippen LogP contribution in [0.15, 0.2) is 16.5 Å². The van der Waals surface area contributed by atoms with Crippen LogP contribution in [-0.4, -0.2) is 37.0 Å². The van der Waals surface area contributed by atoms with Gasteiger partial charge in [-0.15, -0.1) is 0 Å². The number of carbonyl (C=O) groups excluding carboxylic acids is 1. The highest BCUT2D eigenvalue weighted by Gasteiger charge is 2.28. The molecule has 0 spiro atoms. The Hall–Kier alpha value is -1.33. The van der Waals surface area contributed by atoms with Crippen LogP contribution >= 0.6 is 0 Å². The van der Waals surface area contributed by atoms with Crippen molar-refractivity contribution in [1.29, 1.82) is 0 Å². The number of amides is 1. The topological polar surface area (TPSA) is 68.7 Å². The molecule has 1 unspecified atom stereocenters. The van der Waals surface area contributed by atoms with Crippen LogP contribution in [0.4, 0.5) is 0 Å². The molecule has 2 heterocycles. The van der Waals surface area contributed by atoms with Crippen molar-refractivity contribution in [3.8, 4) is 0 Å². The number of hydrogen-bond donors (Lipinski definition) is 1. The van der Waals surface area contributed by atoms with Gasteiger partial charge < -0.3 is 19.8 Å². The first-order chi connectivity index (χ1) is 8.76. The Morgan fingerprint density at radius 1 is 1.56 bits per heavy atom. The normalized spacial score (nSPS) is 20.1. The minimum absolute atomic E-state index is 0.0625. The summed E-state index contributed by atoms with van der Waals surface area (Å²) >= 11 is 0. The molecule has 1 aliphatic rings. The summed E-state index contributed by atoms with van der Waals surface area (Å²) in [7, 11) is 1.60. The first-order valence-electron chi connectivity index (χ1n) is 6.35. The summed E-state index contributed by atoms with van der Waals surface area (Å²) in [6.45, 7) is 1.66. The molecule has 1 aromatic heterocycles. The Labute approximate surface area is 107 Å². The molecule has 1 aromatic rings. The summed E-state index contributed by atoms with van der Waals surface area (Å²) in [5.41, 5.74) is 5.72. The summed E-state index contributed by atoms with van der Waals surface area (Å²) in [4.78, 5) is 14.2. The largest absolute Gasteiger partial charge is 0.453 e. The lowest BCUT2D eigenvalue weighted by Crippen LogP contribution is -2.47. The SMILES string of the molecule is COCc1ccc(C(=O)N2CCCCC2CN)o1. The molecule has 18 heavy (non-hydrogen) atoms. The van der Waals surface area contributed by atoms with Crippen molar-refractivity contribution >= 4 is 5.91 Å². The van der Waals surface area contributed by atoms with Gasteiger partial charge in [0.25, 0.3) is 5.91 Å². The third-order valence-electron chi connectivity index (χ3n) is 3.32. The van der Waals surface area contributed by atoms with Gasteiger partial charge in [0.2, 0.25) is 0 Å². The zero-order chi connectivity index (χ0) is 13.0. The van der Waals surface area contributed by atoms with Crippen molar-refractivity contribution < 1.29 is 13.9 Å². The minimum atomic E-state index is -0.0625. The Kier molecular flexibility index (Phi) is 4.38. The molecule has 0 saturated carbocycles. The smallest absolute Gasteiger partial charge is 0.289 e. The maximum atomic E-state index is 12.3. The second-order valence-electron chi connectivity index (χ2n) is 4.58. The first kappa shape index (κ1) is 13.1. The van der Waals surface area contributed by atoms with E-state index in [-0.39, 0.29) is 11.9 Å². The van der Waals surface area contributed by atoms with Crippen LogP contribution < -0.4 is 5.73 Å². The van der Waals surface area contributed by atoms with Crippen molar-refractivity contribution in [2.75, 3.05) is 20.2 Å². The molecule has 0 radical (unpaired) electrons. The molecule has 5 heteroatoms. The maximum absolute atomic E-state index is 12.3. The highest BCUT2D eigenvalue weighted by Crippen LogP contribution is 2.20. The fourth-order valence-electron chi connectivity index (χ4n) is 2.37. The maximum Gasteiger partial charge on any atom is 0.289 e. The van der Waals surface area contributed by atoms with Crippen LogP contribution in [-0.2, 0) is 11.3 Å². The molecule has 1 atom stereocenters. The predicted octanol–water partition coefficient (Wildman–Crippen LogP) is 1.38. The molecule has 0 aromatic carbocycles. The van der Waals surface area contributed by atoms with Gasteiger partial charge >= 0.3 is 0 Å². The standard InChI is InChI=1S/C13H20N2O3/c1-17-9-11-5-6-12(18-11)13(16)15-7-3-2-4-10(15)8-14/h5-6,10H,2-4,7-9,14H2,1H3. The van der Waals surface area contributed by atoms with Crippen molar-refractivity contribution in [2.45, 2.75) is 31.9 Å². The Morgan fingerprint density at radius 3 is 3.11 bits per heavy atom. The van der Waals surface area contributed by atoms with E-state index < -0.39 is 0 Å². The number of piperidine rings is 1. The van der Waals surface area contributed by atoms with Gasteiger partial charge in [0.15, 0.2) is 5.76 Å². The Bertz CT molecular complexity index is 403. The summed E-state index contributed by atoms with van der Waals surface area (Å²) in [6, 6.07) is 3.62. The van der Waals surface area contributed by atoms with Crippen molar-refractivity contribution in [1.82, 2.24) is 4.90 Å². The monoisotopic (exact) mass is 252 g/mol. The number of carbonyl (C=O) groups is 1. The summed E-state index contributed by atoms with van der Waals surface area (Å²) in [5, 5.41) is 0. The lowest BCUT2D eigenvalue weighted by Gasteiger charge is -2.34. The fraction of sp³-hybridized carbons (Fsp3) is 0.615. The van der Waals surface area contributed by atoms with Crippen LogP contribution in [0.1, 0.15) is 35.6 Å². The van der Waals surface area contributed by atoms with E-state index in [2.05, 4.69) is 0 Å². The van der Waals surface area contributed by atoms with Crippen LogP contribution in [0.25, 0.3) is 0 Å². The van der Waals surface area contributed by atoms with Crippen molar-refractivity contribution in [3.05, 3.63) is 23.7 Å². The van der Waals surface area contributed by atoms with Gasteiger partial charge in [-0.1, -0.05) is 0 Å². The molecule has 1 amide bonds. The molecule has 0 bridgehead atoms. The quantitative estimate of drug-likeness (QED) is 0.879. The summed E-state index contributed by atoms with van der Waals surface area (Å²) < 4.78 is 10.4. The lowest BCUT2D eigenvalue weighted by molar-refractivity contribution is 0.0584. The van der Waals surface area contributed by atoms with Gasteiger partial charge in [0.1, 0.15) is 12.4 Å². The second-order valence-corrected chi connectivity index (χ2v) is 4.58. The lowest BCUT2D eigenvalue weighted by atomic mass is 10.0. The van der Waals surface area contributed by atoms with Crippen LogP contribution in [0.2, 0.25) is 0 Å². The fourth-order valence-corrected chi connectivity index (χ4v) is 2.37. The Balaban J connectivity index is 2.08. The van der Waals surface area contributed by atoms with E-state index in [1.54, 1.807) is 19.2 Å². The van der Waals surface area contributed by atoms with Crippen LogP contribution in [0.5, 0.6) is 0 Å². The predicted molar refractivity (Wildman–Crippen MR) is 67.2 cm³/mol. The van der Waals surface area contributed by atoms with E-state index in [1.807, 2.05) is 4.90 Å². The number of nitrogens with two attached hydrogens (primary N) is 1. The third-order valence-corrected chi connectivity index (χ3v) is 3.32. The molecule has 1 aliphatic heterocycles. The van der Waals surface area contributed by atoms with Crippen molar-refractivity contribution in [3.63, 3.8) is 0 Å². The average Bonchev–Trinajstić information content (AvgIpc) is 2.87. The van der Waals surface area contributed by atoms with E-state index in [0.717, 1.165) is 25.8 Å². The molecule has 5 nitrogen and oxygen atoms in total. The first-order valence-corrected chi connectivity index (χ1v) is 6.35. The van der Waals surface area contributed by atoms with E-state index in [9.17, 15) is 4.79 Å². The number of hydrogen-bond acceptors (Lipinski definition) is 4. The third kappa shape index (κ3) is 2.73. The summed E-state index contributed by atoms with van der Waals surface area (Å²) in [5.74, 6) is 0.983. The highest BCUT2D eigenvalue weighted by atomic mass is 16.5. The molecular weight excluding hydrogens is 232 g/mol. The molecule has 1 fully saturated rings. The number of rotatable bonds is 4. The van der Waals surface area contributed by atoms with E-state index in [1.165, 1.54) is 0 Å². The zero-order valence-corrected chi connectivity index (χ0v) is 10.7. The van der Waals surface area contributed by atoms with Gasteiger partial charge in [-0.05, 0) is 31.4 Å². The number of furan rings is 1. The van der Waals surface area contributed by atoms with E-state index >= 15 is 0 Å². The molecule has 1 saturated heterocycles. The molecule has 2 rings (SSSR count). The number of methoxy groups -OCH3 is 1. The molecule has 0 aliphatic carbocycles. The summed E-state index contributed by atoms with van der Waals surface area (Å²) in [6.07, 6.45) is 3.15. The zero-order valence-electron chi connectivity index (χ0n) is 10.7. The number of likely N-dealkylation sites (tertiary alicyclic amines) is 1. The second kappa shape index (κ2) is 6.02. The van der Waals surface area contributed by atoms with Crippen LogP contribution in [0, 0.1) is 0 Å². The van der Waals surface area contributed by atoms with Gasteiger partial charge in [-0.25, -0.2) is 0 Å². The molecular formula is C13H20N2O3. The minimum Gasteiger partial charge on any atom is -0.453 e. The Morgan fingerprint density at radius 2 is 2.39 bits per heavy atom. The average molecular weight is 252 g/mol. The van der Waals surface area contributed by atoms with Gasteiger partial charge in [-0.3, -0.25) is 4.79 Å². The van der Waals surface area contributed by atoms with Crippen molar-refractivity contribution in [2.24, 2.45) is 5.73 Å². The molecule has 100 valence electrons. The van der Waals surface area contributed by atoms with Gasteiger partial charge in [-0.2, -0.15) is 0 Å². The van der Waals surface area contributed by atoms with Gasteiger partial charge in [0.05, 0.1) is 0 Å². The molecule has 2 N–H and O–H groups in total. The van der Waals surface area contributed by atoms with Crippen LogP contribution in [0.3, 0.4) is 0 Å². The number of ether oxygens (including phenoxy) is 1.